The van der Waals surface area contributed by atoms with Crippen molar-refractivity contribution in [2.75, 3.05) is 0 Å². The van der Waals surface area contributed by atoms with Crippen molar-refractivity contribution in [3.63, 3.8) is 0 Å². The lowest BCUT2D eigenvalue weighted by molar-refractivity contribution is -0.157. The Bertz CT molecular complexity index is 917. The van der Waals surface area contributed by atoms with E-state index in [0.29, 0.717) is 11.2 Å². The predicted molar refractivity (Wildman–Crippen MR) is 97.7 cm³/mol. The summed E-state index contributed by atoms with van der Waals surface area (Å²) in [6.45, 7) is 9.61. The second-order valence-corrected chi connectivity index (χ2v) is 7.38. The molecule has 0 bridgehead atoms. The number of fused-ring (bicyclic) bond motifs is 3. The van der Waals surface area contributed by atoms with Gasteiger partial charge in [-0.2, -0.15) is 0 Å². The second-order valence-electron chi connectivity index (χ2n) is 7.38. The Morgan fingerprint density at radius 1 is 1.28 bits per heavy atom. The highest BCUT2D eigenvalue weighted by Gasteiger charge is 2.43. The third kappa shape index (κ3) is 3.01. The summed E-state index contributed by atoms with van der Waals surface area (Å²) in [6.07, 6.45) is 2.55. The maximum Gasteiger partial charge on any atom is 0.336 e. The summed E-state index contributed by atoms with van der Waals surface area (Å²) in [5.41, 5.74) is 2.52. The van der Waals surface area contributed by atoms with Gasteiger partial charge in [0.05, 0.1) is 0 Å². The van der Waals surface area contributed by atoms with E-state index in [1.165, 1.54) is 6.07 Å². The number of rotatable bonds is 3. The van der Waals surface area contributed by atoms with Crippen LogP contribution in [0.2, 0.25) is 0 Å². The van der Waals surface area contributed by atoms with Gasteiger partial charge in [0.15, 0.2) is 0 Å². The van der Waals surface area contributed by atoms with Gasteiger partial charge in [-0.1, -0.05) is 25.1 Å². The minimum absolute atomic E-state index is 0.118. The molecule has 0 saturated carbocycles. The van der Waals surface area contributed by atoms with Crippen LogP contribution in [0, 0.1) is 5.92 Å². The maximum atomic E-state index is 12.2. The summed E-state index contributed by atoms with van der Waals surface area (Å²) >= 11 is 0. The first-order valence-electron chi connectivity index (χ1n) is 8.66. The molecule has 4 heteroatoms. The fraction of sp³-hybridized carbons (Fsp3) is 0.429. The van der Waals surface area contributed by atoms with Crippen molar-refractivity contribution in [2.45, 2.75) is 52.6 Å². The summed E-state index contributed by atoms with van der Waals surface area (Å²) in [5.74, 6) is -0.0442. The quantitative estimate of drug-likeness (QED) is 0.473. The Hall–Kier alpha value is -2.36. The van der Waals surface area contributed by atoms with E-state index in [2.05, 4.69) is 13.0 Å². The van der Waals surface area contributed by atoms with Gasteiger partial charge in [-0.3, -0.25) is 0 Å². The molecular formula is C21H24O4. The first-order valence-corrected chi connectivity index (χ1v) is 8.66. The van der Waals surface area contributed by atoms with Gasteiger partial charge in [0.2, 0.25) is 0 Å². The van der Waals surface area contributed by atoms with Crippen molar-refractivity contribution < 1.29 is 13.9 Å². The summed E-state index contributed by atoms with van der Waals surface area (Å²) in [4.78, 5) is 23.9. The summed E-state index contributed by atoms with van der Waals surface area (Å²) < 4.78 is 11.3. The standard InChI is InChI=1S/C21H24O4/c1-6-12(2)20(23)25-21(4,5)16-11-15-8-7-14-9-10-17(22)24-19(14)18(15)13(16)3/h6-10,13,16H,11H2,1-5H3/b12-6+/t13-,16-/m0/s1. The average molecular weight is 340 g/mol. The fourth-order valence-electron chi connectivity index (χ4n) is 3.85. The van der Waals surface area contributed by atoms with E-state index in [-0.39, 0.29) is 23.4 Å². The zero-order chi connectivity index (χ0) is 18.4. The number of carbonyl (C=O) groups is 1. The Balaban J connectivity index is 1.98. The number of hydrogen-bond donors (Lipinski definition) is 0. The molecule has 0 spiro atoms. The van der Waals surface area contributed by atoms with Gasteiger partial charge in [0.1, 0.15) is 11.2 Å². The molecule has 132 valence electrons. The number of esters is 1. The molecule has 2 atom stereocenters. The molecule has 0 amide bonds. The first kappa shape index (κ1) is 17.5. The highest BCUT2D eigenvalue weighted by Crippen LogP contribution is 2.47. The predicted octanol–water partition coefficient (Wildman–Crippen LogP) is 4.36. The van der Waals surface area contributed by atoms with Gasteiger partial charge in [-0.05, 0) is 51.7 Å². The van der Waals surface area contributed by atoms with Crippen LogP contribution in [0.4, 0.5) is 0 Å². The van der Waals surface area contributed by atoms with E-state index < -0.39 is 5.60 Å². The molecule has 0 unspecified atom stereocenters. The Kier molecular flexibility index (Phi) is 4.31. The number of benzene rings is 1. The fourth-order valence-corrected chi connectivity index (χ4v) is 3.85. The van der Waals surface area contributed by atoms with E-state index in [9.17, 15) is 9.59 Å². The zero-order valence-corrected chi connectivity index (χ0v) is 15.4. The van der Waals surface area contributed by atoms with Crippen LogP contribution in [-0.2, 0) is 16.0 Å². The molecule has 1 aromatic heterocycles. The SMILES string of the molecule is C/C=C(\C)C(=O)OC(C)(C)[C@H]1Cc2ccc3ccc(=O)oc3c2[C@H]1C. The highest BCUT2D eigenvalue weighted by molar-refractivity contribution is 5.88. The first-order chi connectivity index (χ1) is 11.7. The average Bonchev–Trinajstić information content (AvgIpc) is 2.91. The van der Waals surface area contributed by atoms with Gasteiger partial charge < -0.3 is 9.15 Å². The highest BCUT2D eigenvalue weighted by atomic mass is 16.6. The van der Waals surface area contributed by atoms with Gasteiger partial charge in [0.25, 0.3) is 0 Å². The minimum Gasteiger partial charge on any atom is -0.456 e. The van der Waals surface area contributed by atoms with E-state index in [4.69, 9.17) is 9.15 Å². The third-order valence-corrected chi connectivity index (χ3v) is 5.42. The molecule has 1 aliphatic carbocycles. The number of ether oxygens (including phenoxy) is 1. The van der Waals surface area contributed by atoms with Crippen LogP contribution < -0.4 is 5.63 Å². The zero-order valence-electron chi connectivity index (χ0n) is 15.4. The lowest BCUT2D eigenvalue weighted by atomic mass is 9.81. The van der Waals surface area contributed by atoms with Crippen molar-refractivity contribution >= 4 is 16.9 Å². The molecule has 25 heavy (non-hydrogen) atoms. The van der Waals surface area contributed by atoms with Gasteiger partial charge >= 0.3 is 11.6 Å². The van der Waals surface area contributed by atoms with Crippen LogP contribution >= 0.6 is 0 Å². The van der Waals surface area contributed by atoms with Gasteiger partial charge in [0, 0.05) is 28.5 Å². The molecule has 1 heterocycles. The molecule has 2 aromatic rings. The normalized spacial score (nSPS) is 20.6. The summed E-state index contributed by atoms with van der Waals surface area (Å²) in [5, 5.41) is 0.922. The van der Waals surface area contributed by atoms with E-state index in [1.54, 1.807) is 19.1 Å². The lowest BCUT2D eigenvalue weighted by Crippen LogP contribution is -2.38. The van der Waals surface area contributed by atoms with Crippen LogP contribution in [0.25, 0.3) is 11.0 Å². The second kappa shape index (κ2) is 6.17. The molecule has 0 saturated heterocycles. The molecular weight excluding hydrogens is 316 g/mol. The number of carbonyl (C=O) groups excluding carboxylic acids is 1. The minimum atomic E-state index is -0.624. The smallest absolute Gasteiger partial charge is 0.336 e. The summed E-state index contributed by atoms with van der Waals surface area (Å²) in [6, 6.07) is 7.30. The number of hydrogen-bond acceptors (Lipinski definition) is 4. The van der Waals surface area contributed by atoms with Gasteiger partial charge in [-0.15, -0.1) is 0 Å². The molecule has 0 aliphatic heterocycles. The molecule has 4 nitrogen and oxygen atoms in total. The van der Waals surface area contributed by atoms with Crippen LogP contribution in [0.15, 0.2) is 45.1 Å². The Morgan fingerprint density at radius 2 is 1.96 bits per heavy atom. The molecule has 3 rings (SSSR count). The topological polar surface area (TPSA) is 56.5 Å². The number of allylic oxidation sites excluding steroid dienone is 1. The van der Waals surface area contributed by atoms with Crippen LogP contribution in [-0.4, -0.2) is 11.6 Å². The van der Waals surface area contributed by atoms with Crippen LogP contribution in [0.1, 0.15) is 51.7 Å². The molecule has 0 N–H and O–H groups in total. The molecule has 0 radical (unpaired) electrons. The Morgan fingerprint density at radius 3 is 2.64 bits per heavy atom. The largest absolute Gasteiger partial charge is 0.456 e. The monoisotopic (exact) mass is 340 g/mol. The van der Waals surface area contributed by atoms with E-state index >= 15 is 0 Å². The van der Waals surface area contributed by atoms with E-state index in [1.807, 2.05) is 26.8 Å². The summed E-state index contributed by atoms with van der Waals surface area (Å²) in [7, 11) is 0. The van der Waals surface area contributed by atoms with Crippen molar-refractivity contribution in [3.8, 4) is 0 Å². The Labute approximate surface area is 147 Å². The van der Waals surface area contributed by atoms with Crippen molar-refractivity contribution in [1.82, 2.24) is 0 Å². The molecule has 0 fully saturated rings. The van der Waals surface area contributed by atoms with Crippen molar-refractivity contribution in [1.29, 1.82) is 0 Å². The molecule has 1 aromatic carbocycles. The third-order valence-electron chi connectivity index (χ3n) is 5.42. The van der Waals surface area contributed by atoms with Crippen molar-refractivity contribution in [2.24, 2.45) is 5.92 Å². The van der Waals surface area contributed by atoms with Crippen molar-refractivity contribution in [3.05, 3.63) is 57.5 Å². The van der Waals surface area contributed by atoms with Crippen LogP contribution in [0.5, 0.6) is 0 Å². The lowest BCUT2D eigenvalue weighted by Gasteiger charge is -2.34. The maximum absolute atomic E-state index is 12.2. The van der Waals surface area contributed by atoms with Gasteiger partial charge in [-0.25, -0.2) is 9.59 Å². The van der Waals surface area contributed by atoms with Crippen LogP contribution in [0.3, 0.4) is 0 Å². The molecule has 1 aliphatic rings. The van der Waals surface area contributed by atoms with E-state index in [0.717, 1.165) is 22.9 Å².